The largest absolute Gasteiger partial charge is 0.465 e. The van der Waals surface area contributed by atoms with Crippen LogP contribution in [0.3, 0.4) is 0 Å². The fourth-order valence-corrected chi connectivity index (χ4v) is 2.64. The van der Waals surface area contributed by atoms with E-state index in [9.17, 15) is 4.79 Å². The SMILES string of the molecule is O=C(O)NCC1(CNc2cnc(Cl)c(-c3ccncc3)c2)CC1. The number of nitrogens with one attached hydrogen (secondary N) is 2. The third kappa shape index (κ3) is 3.90. The van der Waals surface area contributed by atoms with Crippen LogP contribution in [-0.4, -0.2) is 34.3 Å². The zero-order valence-electron chi connectivity index (χ0n) is 12.4. The molecule has 23 heavy (non-hydrogen) atoms. The highest BCUT2D eigenvalue weighted by Gasteiger charge is 2.42. The molecule has 0 atom stereocenters. The Morgan fingerprint density at radius 2 is 2.04 bits per heavy atom. The molecule has 0 aromatic carbocycles. The van der Waals surface area contributed by atoms with E-state index in [2.05, 4.69) is 20.6 Å². The number of halogens is 1. The Morgan fingerprint density at radius 3 is 2.70 bits per heavy atom. The molecule has 0 unspecified atom stereocenters. The number of carbonyl (C=O) groups is 1. The fourth-order valence-electron chi connectivity index (χ4n) is 2.42. The van der Waals surface area contributed by atoms with Crippen molar-refractivity contribution in [3.63, 3.8) is 0 Å². The van der Waals surface area contributed by atoms with Gasteiger partial charge in [0.15, 0.2) is 0 Å². The van der Waals surface area contributed by atoms with Gasteiger partial charge in [-0.15, -0.1) is 0 Å². The number of amides is 1. The van der Waals surface area contributed by atoms with E-state index < -0.39 is 6.09 Å². The van der Waals surface area contributed by atoms with Crippen molar-refractivity contribution in [2.75, 3.05) is 18.4 Å². The summed E-state index contributed by atoms with van der Waals surface area (Å²) < 4.78 is 0. The van der Waals surface area contributed by atoms with Crippen molar-refractivity contribution in [1.29, 1.82) is 0 Å². The third-order valence-electron chi connectivity index (χ3n) is 4.07. The second-order valence-corrected chi connectivity index (χ2v) is 6.17. The Balaban J connectivity index is 1.69. The summed E-state index contributed by atoms with van der Waals surface area (Å²) in [6, 6.07) is 5.71. The molecule has 1 aliphatic carbocycles. The summed E-state index contributed by atoms with van der Waals surface area (Å²) in [6.07, 6.45) is 6.15. The molecule has 1 amide bonds. The van der Waals surface area contributed by atoms with Gasteiger partial charge < -0.3 is 15.7 Å². The van der Waals surface area contributed by atoms with Gasteiger partial charge in [0.1, 0.15) is 5.15 Å². The molecule has 1 aliphatic rings. The summed E-state index contributed by atoms with van der Waals surface area (Å²) in [4.78, 5) is 18.8. The Labute approximate surface area is 138 Å². The van der Waals surface area contributed by atoms with Crippen molar-refractivity contribution >= 4 is 23.4 Å². The lowest BCUT2D eigenvalue weighted by molar-refractivity contribution is 0.192. The topological polar surface area (TPSA) is 87.1 Å². The maximum atomic E-state index is 10.6. The number of pyridine rings is 2. The molecule has 0 aliphatic heterocycles. The van der Waals surface area contributed by atoms with Gasteiger partial charge in [-0.25, -0.2) is 9.78 Å². The quantitative estimate of drug-likeness (QED) is 0.707. The van der Waals surface area contributed by atoms with E-state index >= 15 is 0 Å². The van der Waals surface area contributed by atoms with Gasteiger partial charge >= 0.3 is 6.09 Å². The number of aromatic nitrogens is 2. The lowest BCUT2D eigenvalue weighted by Crippen LogP contribution is -2.32. The first-order chi connectivity index (χ1) is 11.1. The van der Waals surface area contributed by atoms with Crippen LogP contribution < -0.4 is 10.6 Å². The molecule has 0 spiro atoms. The number of hydrogen-bond donors (Lipinski definition) is 3. The summed E-state index contributed by atoms with van der Waals surface area (Å²) in [6.45, 7) is 1.17. The summed E-state index contributed by atoms with van der Waals surface area (Å²) >= 11 is 6.18. The second kappa shape index (κ2) is 6.42. The molecule has 0 saturated heterocycles. The molecule has 2 aromatic heterocycles. The first-order valence-electron chi connectivity index (χ1n) is 7.35. The maximum Gasteiger partial charge on any atom is 0.404 e. The first-order valence-corrected chi connectivity index (χ1v) is 7.72. The lowest BCUT2D eigenvalue weighted by atomic mass is 10.1. The first kappa shape index (κ1) is 15.6. The molecule has 1 fully saturated rings. The van der Waals surface area contributed by atoms with E-state index in [0.29, 0.717) is 18.2 Å². The van der Waals surface area contributed by atoms with Gasteiger partial charge in [0.05, 0.1) is 11.9 Å². The van der Waals surface area contributed by atoms with Gasteiger partial charge in [-0.3, -0.25) is 4.98 Å². The highest BCUT2D eigenvalue weighted by atomic mass is 35.5. The van der Waals surface area contributed by atoms with Crippen LogP contribution in [0.5, 0.6) is 0 Å². The predicted octanol–water partition coefficient (Wildman–Crippen LogP) is 3.26. The molecule has 3 N–H and O–H groups in total. The normalized spacial score (nSPS) is 15.0. The van der Waals surface area contributed by atoms with E-state index in [0.717, 1.165) is 29.7 Å². The maximum absolute atomic E-state index is 10.6. The van der Waals surface area contributed by atoms with Crippen molar-refractivity contribution in [3.05, 3.63) is 41.9 Å². The smallest absolute Gasteiger partial charge is 0.404 e. The highest BCUT2D eigenvalue weighted by Crippen LogP contribution is 2.45. The minimum atomic E-state index is -0.982. The van der Waals surface area contributed by atoms with E-state index in [4.69, 9.17) is 16.7 Å². The Hall–Kier alpha value is -2.34. The van der Waals surface area contributed by atoms with Crippen LogP contribution in [0, 0.1) is 5.41 Å². The molecular formula is C16H17ClN4O2. The predicted molar refractivity (Wildman–Crippen MR) is 88.7 cm³/mol. The number of carboxylic acid groups (broad SMARTS) is 1. The minimum Gasteiger partial charge on any atom is -0.465 e. The summed E-state index contributed by atoms with van der Waals surface area (Å²) in [7, 11) is 0. The van der Waals surface area contributed by atoms with Crippen molar-refractivity contribution in [1.82, 2.24) is 15.3 Å². The van der Waals surface area contributed by atoms with Gasteiger partial charge in [0.25, 0.3) is 0 Å². The molecule has 2 aromatic rings. The summed E-state index contributed by atoms with van der Waals surface area (Å²) in [5, 5.41) is 15.0. The van der Waals surface area contributed by atoms with E-state index in [1.807, 2.05) is 18.2 Å². The van der Waals surface area contributed by atoms with E-state index in [1.165, 1.54) is 0 Å². The van der Waals surface area contributed by atoms with Crippen molar-refractivity contribution in [2.45, 2.75) is 12.8 Å². The Morgan fingerprint density at radius 1 is 1.30 bits per heavy atom. The van der Waals surface area contributed by atoms with Crippen molar-refractivity contribution < 1.29 is 9.90 Å². The standard InChI is InChI=1S/C16H17ClN4O2/c17-14-13(11-1-5-18-6-2-11)7-12(8-19-14)20-9-16(3-4-16)10-21-15(22)23/h1-2,5-8,20-21H,3-4,9-10H2,(H,22,23). The molecule has 0 bridgehead atoms. The number of nitrogens with zero attached hydrogens (tertiary/aromatic N) is 2. The van der Waals surface area contributed by atoms with Gasteiger partial charge in [0, 0.05) is 36.5 Å². The van der Waals surface area contributed by atoms with E-state index in [-0.39, 0.29) is 5.41 Å². The molecule has 7 heteroatoms. The molecule has 3 rings (SSSR count). The average Bonchev–Trinajstić information content (AvgIpc) is 3.34. The number of hydrogen-bond acceptors (Lipinski definition) is 4. The summed E-state index contributed by atoms with van der Waals surface area (Å²) in [5.74, 6) is 0. The van der Waals surface area contributed by atoms with Gasteiger partial charge in [0.2, 0.25) is 0 Å². The zero-order chi connectivity index (χ0) is 16.3. The average molecular weight is 333 g/mol. The van der Waals surface area contributed by atoms with Gasteiger partial charge in [-0.2, -0.15) is 0 Å². The monoisotopic (exact) mass is 332 g/mol. The fraction of sp³-hybridized carbons (Fsp3) is 0.312. The Kier molecular flexibility index (Phi) is 4.34. The van der Waals surface area contributed by atoms with Crippen LogP contribution in [0.25, 0.3) is 11.1 Å². The molecule has 6 nitrogen and oxygen atoms in total. The molecule has 0 radical (unpaired) electrons. The zero-order valence-corrected chi connectivity index (χ0v) is 13.2. The van der Waals surface area contributed by atoms with E-state index in [1.54, 1.807) is 18.6 Å². The molecule has 1 saturated carbocycles. The summed E-state index contributed by atoms with van der Waals surface area (Å²) in [5.41, 5.74) is 2.67. The van der Waals surface area contributed by atoms with Crippen molar-refractivity contribution in [3.8, 4) is 11.1 Å². The molecule has 2 heterocycles. The van der Waals surface area contributed by atoms with Crippen LogP contribution in [0.4, 0.5) is 10.5 Å². The third-order valence-corrected chi connectivity index (χ3v) is 4.37. The Bertz CT molecular complexity index is 704. The van der Waals surface area contributed by atoms with Crippen molar-refractivity contribution in [2.24, 2.45) is 5.41 Å². The highest BCUT2D eigenvalue weighted by molar-refractivity contribution is 6.32. The van der Waals surface area contributed by atoms with Gasteiger partial charge in [-0.1, -0.05) is 11.6 Å². The minimum absolute atomic E-state index is 0.00879. The van der Waals surface area contributed by atoms with Crippen LogP contribution in [-0.2, 0) is 0 Å². The lowest BCUT2D eigenvalue weighted by Gasteiger charge is -2.17. The molecular weight excluding hydrogens is 316 g/mol. The molecule has 120 valence electrons. The van der Waals surface area contributed by atoms with Crippen LogP contribution in [0.1, 0.15) is 12.8 Å². The van der Waals surface area contributed by atoms with Crippen LogP contribution in [0.2, 0.25) is 5.15 Å². The number of rotatable bonds is 6. The van der Waals surface area contributed by atoms with Crippen LogP contribution in [0.15, 0.2) is 36.8 Å². The van der Waals surface area contributed by atoms with Crippen LogP contribution >= 0.6 is 11.6 Å². The number of anilines is 1. The van der Waals surface area contributed by atoms with Gasteiger partial charge in [-0.05, 0) is 36.6 Å². The second-order valence-electron chi connectivity index (χ2n) is 5.81.